The fourth-order valence-electron chi connectivity index (χ4n) is 3.47. The summed E-state index contributed by atoms with van der Waals surface area (Å²) in [7, 11) is 1.57. The number of nitrogens with one attached hydrogen (secondary N) is 2. The summed E-state index contributed by atoms with van der Waals surface area (Å²) in [6.45, 7) is -0.0314. The van der Waals surface area contributed by atoms with Crippen LogP contribution in [0.2, 0.25) is 0 Å². The van der Waals surface area contributed by atoms with Gasteiger partial charge in [-0.3, -0.25) is 14.5 Å². The third-order valence-corrected chi connectivity index (χ3v) is 5.18. The molecular weight excluding hydrogens is 398 g/mol. The van der Waals surface area contributed by atoms with Crippen molar-refractivity contribution in [2.75, 3.05) is 13.7 Å². The zero-order valence-electron chi connectivity index (χ0n) is 17.4. The molecule has 1 aliphatic rings. The Balaban J connectivity index is 1.48. The lowest BCUT2D eigenvalue weighted by atomic mass is 10.1. The fraction of sp³-hybridized carbons (Fsp3) is 0.348. The summed E-state index contributed by atoms with van der Waals surface area (Å²) in [5.74, 6) is 0.0699. The van der Waals surface area contributed by atoms with Crippen LogP contribution in [0.5, 0.6) is 5.75 Å². The monoisotopic (exact) mass is 425 g/mol. The van der Waals surface area contributed by atoms with E-state index in [1.165, 1.54) is 0 Å². The molecule has 2 aromatic rings. The Kier molecular flexibility index (Phi) is 7.61. The molecule has 0 aliphatic carbocycles. The Morgan fingerprint density at radius 1 is 1.13 bits per heavy atom. The molecule has 4 amide bonds. The largest absolute Gasteiger partial charge is 0.497 e. The highest BCUT2D eigenvalue weighted by Gasteiger charge is 2.37. The second-order valence-corrected chi connectivity index (χ2v) is 7.45. The number of urea groups is 1. The summed E-state index contributed by atoms with van der Waals surface area (Å²) in [6.07, 6.45) is 0.773. The van der Waals surface area contributed by atoms with Crippen molar-refractivity contribution in [1.29, 1.82) is 0 Å². The van der Waals surface area contributed by atoms with Crippen LogP contribution >= 0.6 is 0 Å². The molecule has 2 aromatic carbocycles. The molecule has 8 nitrogen and oxygen atoms in total. The topological polar surface area (TPSA) is 108 Å². The highest BCUT2D eigenvalue weighted by molar-refractivity contribution is 6.04. The summed E-state index contributed by atoms with van der Waals surface area (Å²) in [5, 5.41) is 15.0. The SMILES string of the molecule is COc1ccc(CN2C(=O)N[C@H](CCC(=O)N[C@H](CO)Cc3ccccc3)C2=O)cc1. The number of aliphatic hydroxyl groups excluding tert-OH is 1. The summed E-state index contributed by atoms with van der Waals surface area (Å²) in [5.41, 5.74) is 1.81. The maximum Gasteiger partial charge on any atom is 0.325 e. The molecule has 0 aromatic heterocycles. The molecule has 0 unspecified atom stereocenters. The zero-order valence-corrected chi connectivity index (χ0v) is 17.4. The number of hydrogen-bond donors (Lipinski definition) is 3. The second-order valence-electron chi connectivity index (χ2n) is 7.45. The lowest BCUT2D eigenvalue weighted by Crippen LogP contribution is -2.40. The van der Waals surface area contributed by atoms with E-state index in [-0.39, 0.29) is 37.8 Å². The van der Waals surface area contributed by atoms with Crippen molar-refractivity contribution in [2.45, 2.75) is 37.9 Å². The van der Waals surface area contributed by atoms with Gasteiger partial charge >= 0.3 is 6.03 Å². The standard InChI is InChI=1S/C23H27N3O5/c1-31-19-9-7-17(8-10-19)14-26-22(29)20(25-23(26)30)11-12-21(28)24-18(15-27)13-16-5-3-2-4-6-16/h2-10,18,20,27H,11-15H2,1H3,(H,24,28)(H,25,30)/t18-,20+/m0/s1. The summed E-state index contributed by atoms with van der Waals surface area (Å²) >= 11 is 0. The van der Waals surface area contributed by atoms with E-state index in [1.54, 1.807) is 31.4 Å². The number of ether oxygens (including phenoxy) is 1. The van der Waals surface area contributed by atoms with E-state index in [0.29, 0.717) is 12.2 Å². The minimum absolute atomic E-state index is 0.0678. The number of methoxy groups -OCH3 is 1. The van der Waals surface area contributed by atoms with Gasteiger partial charge in [-0.15, -0.1) is 0 Å². The summed E-state index contributed by atoms with van der Waals surface area (Å²) < 4.78 is 5.11. The van der Waals surface area contributed by atoms with E-state index in [1.807, 2.05) is 30.3 Å². The molecule has 8 heteroatoms. The summed E-state index contributed by atoms with van der Waals surface area (Å²) in [4.78, 5) is 38.3. The van der Waals surface area contributed by atoms with E-state index in [4.69, 9.17) is 4.74 Å². The fourth-order valence-corrected chi connectivity index (χ4v) is 3.47. The molecule has 3 N–H and O–H groups in total. The van der Waals surface area contributed by atoms with Crippen LogP contribution in [-0.4, -0.2) is 53.7 Å². The smallest absolute Gasteiger partial charge is 0.325 e. The Morgan fingerprint density at radius 2 is 1.84 bits per heavy atom. The Morgan fingerprint density at radius 3 is 2.48 bits per heavy atom. The molecule has 2 atom stereocenters. The Labute approximate surface area is 181 Å². The van der Waals surface area contributed by atoms with Gasteiger partial charge in [-0.25, -0.2) is 4.79 Å². The lowest BCUT2D eigenvalue weighted by molar-refractivity contribution is -0.128. The number of aliphatic hydroxyl groups is 1. The van der Waals surface area contributed by atoms with Gasteiger partial charge < -0.3 is 20.5 Å². The number of carbonyl (C=O) groups excluding carboxylic acids is 3. The lowest BCUT2D eigenvalue weighted by Gasteiger charge is -2.17. The molecule has 164 valence electrons. The highest BCUT2D eigenvalue weighted by Crippen LogP contribution is 2.17. The number of carbonyl (C=O) groups is 3. The van der Waals surface area contributed by atoms with Crippen LogP contribution in [0.3, 0.4) is 0 Å². The van der Waals surface area contributed by atoms with Gasteiger partial charge in [0, 0.05) is 6.42 Å². The molecule has 1 saturated heterocycles. The molecule has 1 aliphatic heterocycles. The third-order valence-electron chi connectivity index (χ3n) is 5.18. The van der Waals surface area contributed by atoms with Gasteiger partial charge in [0.1, 0.15) is 11.8 Å². The van der Waals surface area contributed by atoms with Gasteiger partial charge in [-0.2, -0.15) is 0 Å². The summed E-state index contributed by atoms with van der Waals surface area (Å²) in [6, 6.07) is 15.1. The van der Waals surface area contributed by atoms with Crippen LogP contribution in [-0.2, 0) is 22.6 Å². The van der Waals surface area contributed by atoms with Crippen LogP contribution in [0.25, 0.3) is 0 Å². The predicted octanol–water partition coefficient (Wildman–Crippen LogP) is 1.62. The maximum atomic E-state index is 12.6. The average molecular weight is 425 g/mol. The van der Waals surface area contributed by atoms with Crippen LogP contribution in [0.1, 0.15) is 24.0 Å². The average Bonchev–Trinajstić information content (AvgIpc) is 3.06. The molecule has 1 fully saturated rings. The number of nitrogens with zero attached hydrogens (tertiary/aromatic N) is 1. The van der Waals surface area contributed by atoms with Gasteiger partial charge in [0.25, 0.3) is 5.91 Å². The van der Waals surface area contributed by atoms with E-state index in [0.717, 1.165) is 16.0 Å². The van der Waals surface area contributed by atoms with Gasteiger partial charge in [0.15, 0.2) is 0 Å². The molecule has 1 heterocycles. The first-order valence-electron chi connectivity index (χ1n) is 10.2. The molecule has 0 spiro atoms. The molecule has 3 rings (SSSR count). The molecule has 0 bridgehead atoms. The van der Waals surface area contributed by atoms with Gasteiger partial charge in [0.2, 0.25) is 5.91 Å². The number of amides is 4. The van der Waals surface area contributed by atoms with E-state index in [9.17, 15) is 19.5 Å². The van der Waals surface area contributed by atoms with Crippen molar-refractivity contribution in [1.82, 2.24) is 15.5 Å². The quantitative estimate of drug-likeness (QED) is 0.502. The van der Waals surface area contributed by atoms with Gasteiger partial charge in [-0.1, -0.05) is 42.5 Å². The maximum absolute atomic E-state index is 12.6. The molecule has 0 radical (unpaired) electrons. The Hall–Kier alpha value is -3.39. The van der Waals surface area contributed by atoms with Crippen LogP contribution < -0.4 is 15.4 Å². The Bertz CT molecular complexity index is 901. The molecular formula is C23H27N3O5. The normalized spacial score (nSPS) is 16.7. The predicted molar refractivity (Wildman–Crippen MR) is 114 cm³/mol. The van der Waals surface area contributed by atoms with Crippen molar-refractivity contribution in [3.63, 3.8) is 0 Å². The van der Waals surface area contributed by atoms with E-state index < -0.39 is 18.1 Å². The van der Waals surface area contributed by atoms with Crippen molar-refractivity contribution in [3.8, 4) is 5.75 Å². The van der Waals surface area contributed by atoms with Crippen molar-refractivity contribution >= 4 is 17.8 Å². The minimum Gasteiger partial charge on any atom is -0.497 e. The van der Waals surface area contributed by atoms with Crippen molar-refractivity contribution in [2.24, 2.45) is 0 Å². The van der Waals surface area contributed by atoms with Crippen LogP contribution in [0.4, 0.5) is 4.79 Å². The minimum atomic E-state index is -0.738. The van der Waals surface area contributed by atoms with Gasteiger partial charge in [-0.05, 0) is 36.1 Å². The van der Waals surface area contributed by atoms with E-state index >= 15 is 0 Å². The number of imide groups is 1. The number of benzene rings is 2. The zero-order chi connectivity index (χ0) is 22.2. The van der Waals surface area contributed by atoms with Crippen molar-refractivity contribution < 1.29 is 24.2 Å². The van der Waals surface area contributed by atoms with Crippen LogP contribution in [0, 0.1) is 0 Å². The molecule has 31 heavy (non-hydrogen) atoms. The first kappa shape index (κ1) is 22.3. The molecule has 0 saturated carbocycles. The highest BCUT2D eigenvalue weighted by atomic mass is 16.5. The van der Waals surface area contributed by atoms with E-state index in [2.05, 4.69) is 10.6 Å². The van der Waals surface area contributed by atoms with Crippen LogP contribution in [0.15, 0.2) is 54.6 Å². The van der Waals surface area contributed by atoms with Gasteiger partial charge in [0.05, 0.1) is 26.3 Å². The first-order chi connectivity index (χ1) is 15.0. The number of rotatable bonds is 10. The second kappa shape index (κ2) is 10.6. The first-order valence-corrected chi connectivity index (χ1v) is 10.2. The number of hydrogen-bond acceptors (Lipinski definition) is 5. The van der Waals surface area contributed by atoms with Crippen molar-refractivity contribution in [3.05, 3.63) is 65.7 Å². The third kappa shape index (κ3) is 6.05.